The van der Waals surface area contributed by atoms with Gasteiger partial charge in [0.25, 0.3) is 0 Å². The van der Waals surface area contributed by atoms with Gasteiger partial charge in [-0.3, -0.25) is 9.78 Å². The summed E-state index contributed by atoms with van der Waals surface area (Å²) in [5, 5.41) is 7.16. The first kappa shape index (κ1) is 23.5. The van der Waals surface area contributed by atoms with Crippen LogP contribution in [0.3, 0.4) is 0 Å². The van der Waals surface area contributed by atoms with Crippen LogP contribution in [0.4, 0.5) is 11.4 Å². The molecular formula is C27H31N5O2S. The van der Waals surface area contributed by atoms with Crippen LogP contribution in [0.1, 0.15) is 55.2 Å². The van der Waals surface area contributed by atoms with Gasteiger partial charge in [0.05, 0.1) is 17.8 Å². The minimum absolute atomic E-state index is 0.000684. The van der Waals surface area contributed by atoms with Gasteiger partial charge in [-0.1, -0.05) is 13.0 Å². The predicted molar refractivity (Wildman–Crippen MR) is 141 cm³/mol. The fourth-order valence-corrected chi connectivity index (χ4v) is 5.33. The van der Waals surface area contributed by atoms with E-state index in [0.29, 0.717) is 11.5 Å². The lowest BCUT2D eigenvalue weighted by Crippen LogP contribution is -2.31. The van der Waals surface area contributed by atoms with Crippen LogP contribution in [0.15, 0.2) is 60.9 Å². The second-order valence-corrected chi connectivity index (χ2v) is 9.50. The van der Waals surface area contributed by atoms with Gasteiger partial charge in [-0.25, -0.2) is 0 Å². The number of hydrogen-bond acceptors (Lipinski definition) is 4. The minimum atomic E-state index is -0.110. The molecule has 3 atom stereocenters. The Morgan fingerprint density at radius 2 is 2.14 bits per heavy atom. The van der Waals surface area contributed by atoms with Gasteiger partial charge in [0.15, 0.2) is 5.11 Å². The molecule has 35 heavy (non-hydrogen) atoms. The molecule has 4 heterocycles. The van der Waals surface area contributed by atoms with E-state index in [4.69, 9.17) is 17.0 Å². The fraction of sp³-hybridized carbons (Fsp3) is 0.370. The fourth-order valence-electron chi connectivity index (χ4n) is 4.98. The smallest absolute Gasteiger partial charge is 0.224 e. The van der Waals surface area contributed by atoms with Crippen molar-refractivity contribution in [2.75, 3.05) is 16.8 Å². The summed E-state index contributed by atoms with van der Waals surface area (Å²) in [6, 6.07) is 16.1. The Morgan fingerprint density at radius 1 is 1.26 bits per heavy atom. The number of amides is 1. The molecule has 0 unspecified atom stereocenters. The van der Waals surface area contributed by atoms with E-state index in [2.05, 4.69) is 49.5 Å². The van der Waals surface area contributed by atoms with E-state index >= 15 is 0 Å². The van der Waals surface area contributed by atoms with E-state index in [-0.39, 0.29) is 24.1 Å². The van der Waals surface area contributed by atoms with Gasteiger partial charge in [-0.15, -0.1) is 0 Å². The number of pyridine rings is 1. The molecule has 7 nitrogen and oxygen atoms in total. The number of rotatable bonds is 7. The molecule has 2 aromatic heterocycles. The Labute approximate surface area is 211 Å². The lowest BCUT2D eigenvalue weighted by molar-refractivity contribution is -0.115. The first-order valence-electron chi connectivity index (χ1n) is 12.2. The van der Waals surface area contributed by atoms with Crippen LogP contribution < -0.4 is 15.5 Å². The third-order valence-electron chi connectivity index (χ3n) is 6.77. The van der Waals surface area contributed by atoms with Crippen molar-refractivity contribution in [3.8, 4) is 0 Å². The summed E-state index contributed by atoms with van der Waals surface area (Å²) >= 11 is 5.89. The van der Waals surface area contributed by atoms with Crippen LogP contribution >= 0.6 is 12.2 Å². The Hall–Kier alpha value is -3.23. The summed E-state index contributed by atoms with van der Waals surface area (Å²) in [4.78, 5) is 18.8. The van der Waals surface area contributed by atoms with Crippen LogP contribution in [-0.4, -0.2) is 33.3 Å². The summed E-state index contributed by atoms with van der Waals surface area (Å²) in [6.45, 7) is 5.50. The Bertz CT molecular complexity index is 1210. The maximum absolute atomic E-state index is 11.9. The third-order valence-corrected chi connectivity index (χ3v) is 7.09. The molecule has 3 aromatic rings. The molecule has 182 valence electrons. The lowest BCUT2D eigenvalue weighted by atomic mass is 10.0. The molecule has 2 N–H and O–H groups in total. The topological polar surface area (TPSA) is 71.4 Å². The maximum Gasteiger partial charge on any atom is 0.224 e. The van der Waals surface area contributed by atoms with Crippen molar-refractivity contribution in [3.05, 3.63) is 77.9 Å². The molecule has 1 amide bonds. The molecular weight excluding hydrogens is 458 g/mol. The molecule has 5 rings (SSSR count). The van der Waals surface area contributed by atoms with Crippen molar-refractivity contribution in [2.45, 2.75) is 57.8 Å². The molecule has 2 saturated heterocycles. The lowest BCUT2D eigenvalue weighted by Gasteiger charge is -2.30. The molecule has 0 spiro atoms. The van der Waals surface area contributed by atoms with Crippen LogP contribution in [0.5, 0.6) is 0 Å². The zero-order valence-electron chi connectivity index (χ0n) is 20.1. The van der Waals surface area contributed by atoms with Crippen molar-refractivity contribution >= 4 is 34.6 Å². The number of nitrogens with one attached hydrogen (secondary N) is 2. The molecule has 2 aliphatic rings. The molecule has 2 fully saturated rings. The largest absolute Gasteiger partial charge is 0.376 e. The number of nitrogens with zero attached hydrogens (tertiary/aromatic N) is 3. The summed E-state index contributed by atoms with van der Waals surface area (Å²) in [6.07, 6.45) is 6.81. The standard InChI is InChI=1S/C27H31N5O2S/c1-3-24(33)29-21-12-11-19(16-18(21)2)32-26(25(30-27(32)35)22-9-4-5-13-28-22)23-10-6-14-31(23)17-20-8-7-15-34-20/h4-6,9-14,16,20,25-26H,3,7-8,15,17H2,1-2H3,(H,29,33)(H,30,35)/t20-,25-,26+/m1/s1. The summed E-state index contributed by atoms with van der Waals surface area (Å²) < 4.78 is 8.23. The Kier molecular flexibility index (Phi) is 6.83. The number of benzene rings is 1. The summed E-state index contributed by atoms with van der Waals surface area (Å²) in [5.74, 6) is -0.000684. The first-order valence-corrected chi connectivity index (χ1v) is 12.6. The van der Waals surface area contributed by atoms with Crippen LogP contribution in [-0.2, 0) is 16.1 Å². The number of carbonyl (C=O) groups is 1. The van der Waals surface area contributed by atoms with Gasteiger partial charge in [0.1, 0.15) is 6.04 Å². The van der Waals surface area contributed by atoms with Gasteiger partial charge in [0, 0.05) is 49.0 Å². The molecule has 0 saturated carbocycles. The number of aryl methyl sites for hydroxylation is 1. The quantitative estimate of drug-likeness (QED) is 0.460. The van der Waals surface area contributed by atoms with E-state index in [1.807, 2.05) is 50.4 Å². The number of anilines is 2. The molecule has 2 aliphatic heterocycles. The van der Waals surface area contributed by atoms with Crippen LogP contribution in [0.2, 0.25) is 0 Å². The summed E-state index contributed by atoms with van der Waals surface area (Å²) in [5.41, 5.74) is 4.88. The van der Waals surface area contributed by atoms with Gasteiger partial charge in [-0.05, 0) is 80.0 Å². The molecule has 0 bridgehead atoms. The van der Waals surface area contributed by atoms with Gasteiger partial charge >= 0.3 is 0 Å². The van der Waals surface area contributed by atoms with Crippen molar-refractivity contribution in [2.24, 2.45) is 0 Å². The van der Waals surface area contributed by atoms with Crippen molar-refractivity contribution in [1.82, 2.24) is 14.9 Å². The van der Waals surface area contributed by atoms with Crippen molar-refractivity contribution in [3.63, 3.8) is 0 Å². The van der Waals surface area contributed by atoms with Gasteiger partial charge in [-0.2, -0.15) is 0 Å². The molecule has 1 aromatic carbocycles. The van der Waals surface area contributed by atoms with Crippen LogP contribution in [0, 0.1) is 6.92 Å². The Balaban J connectivity index is 1.54. The number of ether oxygens (including phenoxy) is 1. The number of thiocarbonyl (C=S) groups is 1. The normalized spacial score (nSPS) is 21.8. The van der Waals surface area contributed by atoms with Crippen LogP contribution in [0.25, 0.3) is 0 Å². The molecule has 8 heteroatoms. The van der Waals surface area contributed by atoms with Gasteiger partial charge in [0.2, 0.25) is 5.91 Å². The highest BCUT2D eigenvalue weighted by Crippen LogP contribution is 2.42. The summed E-state index contributed by atoms with van der Waals surface area (Å²) in [7, 11) is 0. The van der Waals surface area contributed by atoms with E-state index < -0.39 is 0 Å². The number of carbonyl (C=O) groups excluding carboxylic acids is 1. The SMILES string of the molecule is CCC(=O)Nc1ccc(N2C(=S)N[C@H](c3ccccn3)[C@@H]2c2cccn2C[C@H]2CCCO2)cc1C. The molecule has 0 radical (unpaired) electrons. The van der Waals surface area contributed by atoms with Gasteiger partial charge < -0.3 is 24.8 Å². The maximum atomic E-state index is 11.9. The average molecular weight is 490 g/mol. The number of aromatic nitrogens is 2. The van der Waals surface area contributed by atoms with E-state index in [0.717, 1.165) is 54.3 Å². The highest BCUT2D eigenvalue weighted by molar-refractivity contribution is 7.80. The highest BCUT2D eigenvalue weighted by atomic mass is 32.1. The van der Waals surface area contributed by atoms with Crippen molar-refractivity contribution in [1.29, 1.82) is 0 Å². The zero-order chi connectivity index (χ0) is 24.4. The second-order valence-electron chi connectivity index (χ2n) is 9.12. The Morgan fingerprint density at radius 3 is 2.86 bits per heavy atom. The zero-order valence-corrected chi connectivity index (χ0v) is 20.9. The second kappa shape index (κ2) is 10.2. The predicted octanol–water partition coefficient (Wildman–Crippen LogP) is 4.90. The van der Waals surface area contributed by atoms with E-state index in [1.165, 1.54) is 0 Å². The van der Waals surface area contributed by atoms with Crippen molar-refractivity contribution < 1.29 is 9.53 Å². The van der Waals surface area contributed by atoms with E-state index in [9.17, 15) is 4.79 Å². The number of hydrogen-bond donors (Lipinski definition) is 2. The first-order chi connectivity index (χ1) is 17.0. The molecule has 0 aliphatic carbocycles. The average Bonchev–Trinajstić information content (AvgIpc) is 3.61. The highest BCUT2D eigenvalue weighted by Gasteiger charge is 2.42. The monoisotopic (exact) mass is 489 g/mol. The third kappa shape index (κ3) is 4.81. The minimum Gasteiger partial charge on any atom is -0.376 e. The van der Waals surface area contributed by atoms with E-state index in [1.54, 1.807) is 0 Å².